The highest BCUT2D eigenvalue weighted by Gasteiger charge is 2.22. The minimum absolute atomic E-state index is 0.0578. The first-order valence-electron chi connectivity index (χ1n) is 8.44. The average molecular weight is 330 g/mol. The van der Waals surface area contributed by atoms with Crippen molar-refractivity contribution in [2.75, 3.05) is 37.9 Å². The first-order chi connectivity index (χ1) is 10.7. The lowest BCUT2D eigenvalue weighted by atomic mass is 10.1. The molecule has 0 spiro atoms. The third kappa shape index (κ3) is 9.30. The molecule has 0 radical (unpaired) electrons. The number of hydrogen-bond donors (Lipinski definition) is 1. The molecule has 5 nitrogen and oxygen atoms in total. The zero-order valence-electron chi connectivity index (χ0n) is 13.8. The molecule has 1 N–H and O–H groups in total. The van der Waals surface area contributed by atoms with Gasteiger partial charge in [0.1, 0.15) is 6.54 Å². The number of rotatable bonds is 13. The Morgan fingerprint density at radius 2 is 1.91 bits per heavy atom. The second-order valence-corrected chi connectivity index (χ2v) is 6.61. The average Bonchev–Trinajstić information content (AvgIpc) is 2.90. The van der Waals surface area contributed by atoms with Crippen LogP contribution in [-0.2, 0) is 14.3 Å². The molecular weight excluding hydrogens is 300 g/mol. The highest BCUT2D eigenvalue weighted by molar-refractivity contribution is 8.00. The Hall–Kier alpha value is -0.750. The number of thioether (sulfide) groups is 1. The van der Waals surface area contributed by atoms with Crippen molar-refractivity contribution in [1.82, 2.24) is 10.2 Å². The summed E-state index contributed by atoms with van der Waals surface area (Å²) < 4.78 is 5.55. The summed E-state index contributed by atoms with van der Waals surface area (Å²) in [7, 11) is 0. The third-order valence-electron chi connectivity index (χ3n) is 3.59. The Morgan fingerprint density at radius 1 is 1.18 bits per heavy atom. The Bertz CT molecular complexity index is 327. The fourth-order valence-electron chi connectivity index (χ4n) is 2.26. The molecule has 2 amide bonds. The van der Waals surface area contributed by atoms with Crippen LogP contribution in [0.15, 0.2) is 0 Å². The summed E-state index contributed by atoms with van der Waals surface area (Å²) in [5, 5.41) is 2.83. The predicted octanol–water partition coefficient (Wildman–Crippen LogP) is 2.40. The quantitative estimate of drug-likeness (QED) is 0.527. The van der Waals surface area contributed by atoms with Gasteiger partial charge in [0.2, 0.25) is 11.8 Å². The maximum absolute atomic E-state index is 11.6. The summed E-state index contributed by atoms with van der Waals surface area (Å²) in [5.41, 5.74) is 0. The lowest BCUT2D eigenvalue weighted by Gasteiger charge is -2.14. The molecule has 0 aromatic rings. The number of hydrogen-bond acceptors (Lipinski definition) is 4. The smallest absolute Gasteiger partial charge is 0.239 e. The molecule has 0 atom stereocenters. The molecule has 128 valence electrons. The van der Waals surface area contributed by atoms with Gasteiger partial charge in [-0.3, -0.25) is 9.59 Å². The second kappa shape index (κ2) is 12.8. The molecule has 0 aromatic heterocycles. The van der Waals surface area contributed by atoms with E-state index in [-0.39, 0.29) is 18.4 Å². The molecule has 1 saturated heterocycles. The van der Waals surface area contributed by atoms with Crippen LogP contribution in [0.5, 0.6) is 0 Å². The van der Waals surface area contributed by atoms with Crippen molar-refractivity contribution in [3.05, 3.63) is 0 Å². The van der Waals surface area contributed by atoms with Gasteiger partial charge in [0.25, 0.3) is 0 Å². The van der Waals surface area contributed by atoms with E-state index in [4.69, 9.17) is 4.74 Å². The van der Waals surface area contributed by atoms with E-state index in [1.54, 1.807) is 16.7 Å². The third-order valence-corrected chi connectivity index (χ3v) is 4.54. The minimum Gasteiger partial charge on any atom is -0.381 e. The van der Waals surface area contributed by atoms with E-state index in [1.807, 2.05) is 0 Å². The Kier molecular flexibility index (Phi) is 11.2. The minimum atomic E-state index is -0.0771. The van der Waals surface area contributed by atoms with E-state index in [1.165, 1.54) is 32.1 Å². The lowest BCUT2D eigenvalue weighted by Crippen LogP contribution is -2.38. The van der Waals surface area contributed by atoms with Gasteiger partial charge >= 0.3 is 0 Å². The molecular formula is C16H30N2O3S. The van der Waals surface area contributed by atoms with Crippen LogP contribution in [0, 0.1) is 0 Å². The van der Waals surface area contributed by atoms with Crippen LogP contribution in [0.3, 0.4) is 0 Å². The largest absolute Gasteiger partial charge is 0.381 e. The molecule has 0 saturated carbocycles. The molecule has 1 aliphatic heterocycles. The van der Waals surface area contributed by atoms with Gasteiger partial charge in [-0.1, -0.05) is 39.0 Å². The first-order valence-corrected chi connectivity index (χ1v) is 9.59. The summed E-state index contributed by atoms with van der Waals surface area (Å²) in [6, 6.07) is 0. The molecule has 0 aromatic carbocycles. The standard InChI is InChI=1S/C16H30N2O3S/c1-2-3-4-5-6-7-10-21-11-8-9-17-15(19)12-18-14-22-13-16(18)20/h2-14H2,1H3,(H,17,19). The van der Waals surface area contributed by atoms with Crippen molar-refractivity contribution in [2.45, 2.75) is 51.9 Å². The van der Waals surface area contributed by atoms with Crippen molar-refractivity contribution in [3.8, 4) is 0 Å². The van der Waals surface area contributed by atoms with Crippen molar-refractivity contribution >= 4 is 23.6 Å². The van der Waals surface area contributed by atoms with Crippen LogP contribution < -0.4 is 5.32 Å². The number of ether oxygens (including phenoxy) is 1. The van der Waals surface area contributed by atoms with Crippen LogP contribution >= 0.6 is 11.8 Å². The fourth-order valence-corrected chi connectivity index (χ4v) is 3.16. The van der Waals surface area contributed by atoms with Gasteiger partial charge in [-0.05, 0) is 12.8 Å². The van der Waals surface area contributed by atoms with Crippen LogP contribution in [0.25, 0.3) is 0 Å². The van der Waals surface area contributed by atoms with Crippen LogP contribution in [0.2, 0.25) is 0 Å². The van der Waals surface area contributed by atoms with Crippen LogP contribution in [-0.4, -0.2) is 54.6 Å². The highest BCUT2D eigenvalue weighted by Crippen LogP contribution is 2.13. The van der Waals surface area contributed by atoms with Crippen molar-refractivity contribution < 1.29 is 14.3 Å². The number of unbranched alkanes of at least 4 members (excludes halogenated alkanes) is 5. The van der Waals surface area contributed by atoms with Crippen LogP contribution in [0.1, 0.15) is 51.9 Å². The number of nitrogens with one attached hydrogen (secondary N) is 1. The number of nitrogens with zero attached hydrogens (tertiary/aromatic N) is 1. The van der Waals surface area contributed by atoms with E-state index < -0.39 is 0 Å². The van der Waals surface area contributed by atoms with Crippen molar-refractivity contribution in [3.63, 3.8) is 0 Å². The van der Waals surface area contributed by atoms with Gasteiger partial charge in [-0.15, -0.1) is 11.8 Å². The van der Waals surface area contributed by atoms with E-state index in [9.17, 15) is 9.59 Å². The van der Waals surface area contributed by atoms with Gasteiger partial charge < -0.3 is 15.0 Å². The zero-order valence-corrected chi connectivity index (χ0v) is 14.6. The monoisotopic (exact) mass is 330 g/mol. The van der Waals surface area contributed by atoms with Crippen molar-refractivity contribution in [2.24, 2.45) is 0 Å². The Balaban J connectivity index is 1.83. The van der Waals surface area contributed by atoms with Gasteiger partial charge in [0.05, 0.1) is 11.6 Å². The Morgan fingerprint density at radius 3 is 2.64 bits per heavy atom. The van der Waals surface area contributed by atoms with E-state index in [0.29, 0.717) is 24.8 Å². The fraction of sp³-hybridized carbons (Fsp3) is 0.875. The maximum Gasteiger partial charge on any atom is 0.239 e. The first kappa shape index (κ1) is 19.3. The highest BCUT2D eigenvalue weighted by atomic mass is 32.2. The number of carbonyl (C=O) groups excluding carboxylic acids is 2. The molecule has 1 heterocycles. The molecule has 22 heavy (non-hydrogen) atoms. The SMILES string of the molecule is CCCCCCCCOCCCNC(=O)CN1CSCC1=O. The molecule has 6 heteroatoms. The summed E-state index contributed by atoms with van der Waals surface area (Å²) in [5.74, 6) is 1.11. The Labute approximate surface area is 138 Å². The second-order valence-electron chi connectivity index (χ2n) is 5.65. The van der Waals surface area contributed by atoms with Crippen LogP contribution in [0.4, 0.5) is 0 Å². The normalized spacial score (nSPS) is 14.6. The summed E-state index contributed by atoms with van der Waals surface area (Å²) in [6.45, 7) is 4.53. The molecule has 0 unspecified atom stereocenters. The van der Waals surface area contributed by atoms with E-state index in [0.717, 1.165) is 19.4 Å². The molecule has 0 bridgehead atoms. The van der Waals surface area contributed by atoms with Gasteiger partial charge in [-0.25, -0.2) is 0 Å². The summed E-state index contributed by atoms with van der Waals surface area (Å²) >= 11 is 1.55. The summed E-state index contributed by atoms with van der Waals surface area (Å²) in [6.07, 6.45) is 8.46. The van der Waals surface area contributed by atoms with Gasteiger partial charge in [0, 0.05) is 19.8 Å². The lowest BCUT2D eigenvalue weighted by molar-refractivity contribution is -0.132. The van der Waals surface area contributed by atoms with E-state index >= 15 is 0 Å². The predicted molar refractivity (Wildman–Crippen MR) is 90.9 cm³/mol. The topological polar surface area (TPSA) is 58.6 Å². The molecule has 1 rings (SSSR count). The molecule has 1 aliphatic rings. The van der Waals surface area contributed by atoms with Crippen molar-refractivity contribution in [1.29, 1.82) is 0 Å². The number of amides is 2. The summed E-state index contributed by atoms with van der Waals surface area (Å²) in [4.78, 5) is 24.6. The van der Waals surface area contributed by atoms with Gasteiger partial charge in [0.15, 0.2) is 0 Å². The maximum atomic E-state index is 11.6. The molecule has 1 fully saturated rings. The van der Waals surface area contributed by atoms with E-state index in [2.05, 4.69) is 12.2 Å². The van der Waals surface area contributed by atoms with Gasteiger partial charge in [-0.2, -0.15) is 0 Å². The zero-order chi connectivity index (χ0) is 16.0. The molecule has 0 aliphatic carbocycles. The number of carbonyl (C=O) groups is 2.